The van der Waals surface area contributed by atoms with Gasteiger partial charge in [0, 0.05) is 37.7 Å². The van der Waals surface area contributed by atoms with Crippen molar-refractivity contribution >= 4 is 24.0 Å². The summed E-state index contributed by atoms with van der Waals surface area (Å²) in [6.07, 6.45) is -1.45. The average Bonchev–Trinajstić information content (AvgIpc) is 2.78. The zero-order valence-corrected chi connectivity index (χ0v) is 18.9. The van der Waals surface area contributed by atoms with Crippen molar-refractivity contribution in [2.45, 2.75) is 31.9 Å². The van der Waals surface area contributed by atoms with Crippen LogP contribution in [0.4, 0.5) is 18.0 Å². The normalized spacial score (nSPS) is 13.5. The van der Waals surface area contributed by atoms with Gasteiger partial charge >= 0.3 is 31.1 Å². The van der Waals surface area contributed by atoms with E-state index in [0.29, 0.717) is 37.9 Å². The van der Waals surface area contributed by atoms with Gasteiger partial charge in [0.15, 0.2) is 0 Å². The predicted octanol–water partition coefficient (Wildman–Crippen LogP) is 0.142. The molecule has 2 heterocycles. The largest absolute Gasteiger partial charge is 1.00 e. The van der Waals surface area contributed by atoms with Gasteiger partial charge in [0.1, 0.15) is 5.75 Å². The third-order valence-electron chi connectivity index (χ3n) is 5.01. The van der Waals surface area contributed by atoms with Crippen LogP contribution < -0.4 is 34.0 Å². The van der Waals surface area contributed by atoms with Crippen molar-refractivity contribution in [3.8, 4) is 11.6 Å². The molecule has 1 aliphatic heterocycles. The molecule has 12 heteroatoms. The van der Waals surface area contributed by atoms with Crippen LogP contribution in [0.1, 0.15) is 36.8 Å². The number of benzene rings is 1. The first-order chi connectivity index (χ1) is 16.1. The van der Waals surface area contributed by atoms with E-state index < -0.39 is 36.1 Å². The molecule has 3 amide bonds. The van der Waals surface area contributed by atoms with E-state index in [0.717, 1.165) is 23.3 Å². The van der Waals surface area contributed by atoms with Crippen LogP contribution in [-0.2, 0) is 15.8 Å². The summed E-state index contributed by atoms with van der Waals surface area (Å²) in [5, 5.41) is 12.6. The summed E-state index contributed by atoms with van der Waals surface area (Å²) in [6, 6.07) is 8.45. The van der Waals surface area contributed by atoms with Crippen LogP contribution in [-0.4, -0.2) is 40.9 Å². The standard InChI is InChI=1S/C23H22F3N3O5.Li/c24-23(25,26)17-4-6-20(27-14-17)34-18-3-1-2-16(13-18)12-15-8-10-29(11-9-15)22(33)28-19(30)5-7-21(31)32;/h1-4,6,12-14H,5,7-11H2,(H,31,32)(H,28,30,33);/q;+1/p-1. The number of nitrogens with zero attached hydrogens (tertiary/aromatic N) is 2. The number of ether oxygens (including phenoxy) is 1. The first-order valence-corrected chi connectivity index (χ1v) is 10.4. The maximum absolute atomic E-state index is 12.7. The summed E-state index contributed by atoms with van der Waals surface area (Å²) in [5.41, 5.74) is 1.02. The molecule has 1 aromatic heterocycles. The van der Waals surface area contributed by atoms with Crippen LogP contribution in [0.25, 0.3) is 6.08 Å². The van der Waals surface area contributed by atoms with Crippen LogP contribution in [0.5, 0.6) is 11.6 Å². The first-order valence-electron chi connectivity index (χ1n) is 10.4. The molecule has 35 heavy (non-hydrogen) atoms. The predicted molar refractivity (Wildman–Crippen MR) is 112 cm³/mol. The summed E-state index contributed by atoms with van der Waals surface area (Å²) >= 11 is 0. The molecule has 0 atom stereocenters. The molecule has 0 spiro atoms. The second kappa shape index (κ2) is 12.4. The number of carboxylic acid groups (broad SMARTS) is 1. The minimum Gasteiger partial charge on any atom is -0.550 e. The van der Waals surface area contributed by atoms with Crippen LogP contribution in [0, 0.1) is 0 Å². The number of hydrogen-bond donors (Lipinski definition) is 1. The topological polar surface area (TPSA) is 112 Å². The number of urea groups is 1. The van der Waals surface area contributed by atoms with Gasteiger partial charge in [-0.1, -0.05) is 23.8 Å². The van der Waals surface area contributed by atoms with E-state index in [4.69, 9.17) is 4.74 Å². The second-order valence-corrected chi connectivity index (χ2v) is 7.57. The van der Waals surface area contributed by atoms with Gasteiger partial charge < -0.3 is 19.5 Å². The fourth-order valence-corrected chi connectivity index (χ4v) is 3.25. The second-order valence-electron chi connectivity index (χ2n) is 7.57. The van der Waals surface area contributed by atoms with E-state index >= 15 is 0 Å². The maximum atomic E-state index is 12.7. The van der Waals surface area contributed by atoms with E-state index in [-0.39, 0.29) is 31.2 Å². The Balaban J connectivity index is 0.00000432. The Morgan fingerprint density at radius 1 is 1.11 bits per heavy atom. The number of likely N-dealkylation sites (tertiary alicyclic amines) is 1. The molecule has 2 aromatic rings. The third-order valence-corrected chi connectivity index (χ3v) is 5.01. The Hall–Kier alpha value is -3.29. The SMILES string of the molecule is O=C([O-])CCC(=O)NC(=O)N1CCC(=Cc2cccc(Oc3ccc(C(F)(F)F)cn3)c2)CC1.[Li+]. The van der Waals surface area contributed by atoms with E-state index in [1.807, 2.05) is 12.1 Å². The minimum atomic E-state index is -4.47. The van der Waals surface area contributed by atoms with Gasteiger partial charge in [-0.05, 0) is 43.0 Å². The molecule has 0 bridgehead atoms. The third kappa shape index (κ3) is 8.77. The number of carbonyl (C=O) groups excluding carboxylic acids is 3. The first kappa shape index (κ1) is 27.9. The number of pyridine rings is 1. The van der Waals surface area contributed by atoms with Gasteiger partial charge in [-0.3, -0.25) is 10.1 Å². The van der Waals surface area contributed by atoms with Gasteiger partial charge in [0.2, 0.25) is 11.8 Å². The summed E-state index contributed by atoms with van der Waals surface area (Å²) in [4.78, 5) is 39.3. The Kier molecular flexibility index (Phi) is 9.92. The molecule has 8 nitrogen and oxygen atoms in total. The smallest absolute Gasteiger partial charge is 0.550 e. The number of carboxylic acids is 1. The number of amides is 3. The van der Waals surface area contributed by atoms with Gasteiger partial charge in [-0.2, -0.15) is 13.2 Å². The number of piperidine rings is 1. The Bertz CT molecular complexity index is 1080. The average molecular weight is 483 g/mol. The summed E-state index contributed by atoms with van der Waals surface area (Å²) in [5.74, 6) is -1.59. The minimum absolute atomic E-state index is 0. The molecule has 0 aliphatic carbocycles. The fourth-order valence-electron chi connectivity index (χ4n) is 3.25. The van der Waals surface area contributed by atoms with E-state index in [1.165, 1.54) is 4.90 Å². The number of nitrogens with one attached hydrogen (secondary N) is 1. The van der Waals surface area contributed by atoms with Crippen molar-refractivity contribution in [1.29, 1.82) is 0 Å². The van der Waals surface area contributed by atoms with Crippen molar-refractivity contribution in [2.24, 2.45) is 0 Å². The molecule has 0 unspecified atom stereocenters. The maximum Gasteiger partial charge on any atom is 1.00 e. The van der Waals surface area contributed by atoms with Crippen LogP contribution in [0.15, 0.2) is 48.2 Å². The van der Waals surface area contributed by atoms with Crippen molar-refractivity contribution < 1.29 is 56.3 Å². The molecule has 0 saturated carbocycles. The molecule has 1 saturated heterocycles. The van der Waals surface area contributed by atoms with Crippen molar-refractivity contribution in [1.82, 2.24) is 15.2 Å². The van der Waals surface area contributed by atoms with E-state index in [9.17, 15) is 32.7 Å². The Labute approximate surface area is 211 Å². The van der Waals surface area contributed by atoms with Crippen molar-refractivity contribution in [3.63, 3.8) is 0 Å². The molecule has 1 N–H and O–H groups in total. The van der Waals surface area contributed by atoms with Crippen LogP contribution in [0.3, 0.4) is 0 Å². The molecular weight excluding hydrogens is 462 g/mol. The number of aliphatic carboxylic acids is 1. The summed E-state index contributed by atoms with van der Waals surface area (Å²) in [6.45, 7) is 0.772. The monoisotopic (exact) mass is 483 g/mol. The quantitative estimate of drug-likeness (QED) is 0.586. The van der Waals surface area contributed by atoms with Gasteiger partial charge in [-0.25, -0.2) is 9.78 Å². The van der Waals surface area contributed by atoms with Crippen molar-refractivity contribution in [2.75, 3.05) is 13.1 Å². The molecule has 3 rings (SSSR count). The van der Waals surface area contributed by atoms with E-state index in [2.05, 4.69) is 10.3 Å². The molecule has 1 fully saturated rings. The number of aromatic nitrogens is 1. The number of hydrogen-bond acceptors (Lipinski definition) is 6. The Morgan fingerprint density at radius 2 is 1.83 bits per heavy atom. The number of carbonyl (C=O) groups is 3. The zero-order valence-electron chi connectivity index (χ0n) is 18.9. The Morgan fingerprint density at radius 3 is 2.43 bits per heavy atom. The van der Waals surface area contributed by atoms with Crippen molar-refractivity contribution in [3.05, 3.63) is 59.3 Å². The number of rotatable bonds is 6. The number of halogens is 3. The fraction of sp³-hybridized carbons (Fsp3) is 0.304. The molecule has 0 radical (unpaired) electrons. The molecule has 1 aromatic carbocycles. The zero-order chi connectivity index (χ0) is 24.7. The van der Waals surface area contributed by atoms with Gasteiger partial charge in [0.05, 0.1) is 5.56 Å². The summed E-state index contributed by atoms with van der Waals surface area (Å²) in [7, 11) is 0. The van der Waals surface area contributed by atoms with E-state index in [1.54, 1.807) is 18.2 Å². The number of alkyl halides is 3. The number of imide groups is 1. The molecule has 180 valence electrons. The molecular formula is C23H21F3LiN3O5. The van der Waals surface area contributed by atoms with Crippen LogP contribution >= 0.6 is 0 Å². The van der Waals surface area contributed by atoms with Gasteiger partial charge in [-0.15, -0.1) is 0 Å². The summed E-state index contributed by atoms with van der Waals surface area (Å²) < 4.78 is 43.5. The van der Waals surface area contributed by atoms with Crippen LogP contribution in [0.2, 0.25) is 0 Å². The van der Waals surface area contributed by atoms with Gasteiger partial charge in [0.25, 0.3) is 0 Å². The molecule has 1 aliphatic rings.